The number of halogens is 5. The van der Waals surface area contributed by atoms with Gasteiger partial charge in [0.2, 0.25) is 0 Å². The van der Waals surface area contributed by atoms with E-state index in [-0.39, 0.29) is 5.92 Å². The summed E-state index contributed by atoms with van der Waals surface area (Å²) in [5.41, 5.74) is 3.41. The van der Waals surface area contributed by atoms with Gasteiger partial charge in [0.25, 0.3) is 0 Å². The Morgan fingerprint density at radius 3 is 1.57 bits per heavy atom. The van der Waals surface area contributed by atoms with Crippen molar-refractivity contribution < 1.29 is 19.4 Å². The summed E-state index contributed by atoms with van der Waals surface area (Å²) >= 11 is 0. The molecule has 0 N–H and O–H groups in total. The summed E-state index contributed by atoms with van der Waals surface area (Å²) < 4.78 is 64.5. The Kier molecular flexibility index (Phi) is 6.30. The van der Waals surface area contributed by atoms with Crippen LogP contribution in [-0.2, 0) is 6.42 Å². The normalized spacial score (nSPS) is 22.3. The van der Waals surface area contributed by atoms with Crippen molar-refractivity contribution in [3.8, 4) is 0 Å². The average Bonchev–Trinajstić information content (AvgIpc) is 2.70. The number of rotatable bonds is 8. The summed E-state index contributed by atoms with van der Waals surface area (Å²) in [6.07, 6.45) is 9.77. The molecule has 168 valence electrons. The Morgan fingerprint density at radius 1 is 0.667 bits per heavy atom. The summed E-state index contributed by atoms with van der Waals surface area (Å²) in [5.74, 6) is 0.589. The predicted octanol–water partition coefficient (Wildman–Crippen LogP) is 9.91. The summed E-state index contributed by atoms with van der Waals surface area (Å²) in [5, 5.41) is 0. The van der Waals surface area contributed by atoms with Gasteiger partial charge in [-0.25, -0.2) is 0 Å². The molecule has 0 saturated heterocycles. The lowest BCUT2D eigenvalue weighted by Gasteiger charge is -2.40. The number of unbranched alkanes of at least 4 members (excludes halogenated alkanes) is 3. The molecule has 0 aliphatic heterocycles. The molecule has 30 heavy (non-hydrogen) atoms. The number of benzene rings is 2. The van der Waals surface area contributed by atoms with Crippen LogP contribution in [0.5, 0.6) is 0 Å². The Bertz CT molecular complexity index is 817. The Balaban J connectivity index is 1.55. The van der Waals surface area contributed by atoms with Crippen LogP contribution in [0.1, 0.15) is 86.8 Å². The second-order valence-corrected chi connectivity index (χ2v) is 11.0. The van der Waals surface area contributed by atoms with Crippen molar-refractivity contribution >= 4 is 10.2 Å². The first-order chi connectivity index (χ1) is 14.0. The topological polar surface area (TPSA) is 0 Å². The SMILES string of the molecule is CCCCCCc1ccc(C2CCC(c3ccc(S(F)(F)(F)(F)F)cc3)CC2)cc1. The van der Waals surface area contributed by atoms with Crippen molar-refractivity contribution in [2.75, 3.05) is 0 Å². The number of aryl methyl sites for hydroxylation is 1. The molecule has 1 saturated carbocycles. The van der Waals surface area contributed by atoms with Gasteiger partial charge in [0, 0.05) is 0 Å². The molecular formula is C24H31F5S. The summed E-state index contributed by atoms with van der Waals surface area (Å²) in [6.45, 7) is 2.21. The van der Waals surface area contributed by atoms with Crippen LogP contribution in [0.2, 0.25) is 0 Å². The molecule has 0 spiro atoms. The molecule has 2 aromatic rings. The van der Waals surface area contributed by atoms with Gasteiger partial charge in [0.05, 0.1) is 0 Å². The molecule has 0 heterocycles. The standard InChI is InChI=1S/C24H31F5S/c1-2-3-4-5-6-19-7-9-20(10-8-19)21-11-13-22(14-12-21)23-15-17-24(18-16-23)30(25,26,27,28)29/h7-10,15-18,21-22H,2-6,11-14H2,1H3. The number of hydrogen-bond donors (Lipinski definition) is 0. The van der Waals surface area contributed by atoms with Gasteiger partial charge in [-0.2, -0.15) is 0 Å². The first-order valence-corrected chi connectivity index (χ1v) is 12.8. The van der Waals surface area contributed by atoms with Gasteiger partial charge in [0.15, 0.2) is 0 Å². The van der Waals surface area contributed by atoms with Gasteiger partial charge in [-0.05, 0) is 79.2 Å². The summed E-state index contributed by atoms with van der Waals surface area (Å²) in [6, 6.07) is 12.4. The maximum absolute atomic E-state index is 12.9. The summed E-state index contributed by atoms with van der Waals surface area (Å²) in [7, 11) is -9.59. The fourth-order valence-electron chi connectivity index (χ4n) is 4.47. The Hall–Kier alpha value is -1.56. The van der Waals surface area contributed by atoms with E-state index in [2.05, 4.69) is 31.2 Å². The minimum Gasteiger partial charge on any atom is -0.0936 e. The van der Waals surface area contributed by atoms with Gasteiger partial charge in [-0.1, -0.05) is 82.0 Å². The molecule has 2 aromatic carbocycles. The highest BCUT2D eigenvalue weighted by Gasteiger charge is 2.65. The molecule has 6 heteroatoms. The highest BCUT2D eigenvalue weighted by Crippen LogP contribution is 3.02. The van der Waals surface area contributed by atoms with Crippen molar-refractivity contribution in [1.82, 2.24) is 0 Å². The molecule has 1 aliphatic rings. The Morgan fingerprint density at radius 2 is 1.13 bits per heavy atom. The minimum atomic E-state index is -9.59. The highest BCUT2D eigenvalue weighted by atomic mass is 32.5. The molecule has 3 rings (SSSR count). The minimum absolute atomic E-state index is 0.131. The molecule has 1 aliphatic carbocycles. The maximum atomic E-state index is 12.9. The first kappa shape index (κ1) is 23.1. The van der Waals surface area contributed by atoms with Gasteiger partial charge in [-0.3, -0.25) is 0 Å². The zero-order valence-electron chi connectivity index (χ0n) is 17.4. The van der Waals surface area contributed by atoms with Crippen molar-refractivity contribution in [3.05, 3.63) is 65.2 Å². The van der Waals surface area contributed by atoms with E-state index >= 15 is 0 Å². The molecule has 0 aromatic heterocycles. The van der Waals surface area contributed by atoms with Gasteiger partial charge < -0.3 is 0 Å². The lowest BCUT2D eigenvalue weighted by atomic mass is 9.76. The van der Waals surface area contributed by atoms with E-state index in [9.17, 15) is 19.4 Å². The van der Waals surface area contributed by atoms with Crippen LogP contribution in [0.15, 0.2) is 53.4 Å². The quantitative estimate of drug-likeness (QED) is 0.279. The fourth-order valence-corrected chi connectivity index (χ4v) is 5.12. The van der Waals surface area contributed by atoms with Gasteiger partial charge in [-0.15, -0.1) is 0 Å². The monoisotopic (exact) mass is 446 g/mol. The lowest BCUT2D eigenvalue weighted by Crippen LogP contribution is -2.12. The van der Waals surface area contributed by atoms with E-state index in [1.54, 1.807) is 0 Å². The lowest BCUT2D eigenvalue weighted by molar-refractivity contribution is 0.363. The molecule has 0 nitrogen and oxygen atoms in total. The van der Waals surface area contributed by atoms with E-state index < -0.39 is 15.1 Å². The van der Waals surface area contributed by atoms with E-state index in [4.69, 9.17) is 0 Å². The van der Waals surface area contributed by atoms with Gasteiger partial charge in [0.1, 0.15) is 4.90 Å². The first-order valence-electron chi connectivity index (χ1n) is 10.9. The van der Waals surface area contributed by atoms with Crippen LogP contribution in [0, 0.1) is 0 Å². The fraction of sp³-hybridized carbons (Fsp3) is 0.500. The van der Waals surface area contributed by atoms with E-state index in [1.807, 2.05) is 0 Å². The van der Waals surface area contributed by atoms with Crippen LogP contribution in [0.25, 0.3) is 0 Å². The van der Waals surface area contributed by atoms with Gasteiger partial charge >= 0.3 is 10.2 Å². The van der Waals surface area contributed by atoms with E-state index in [0.717, 1.165) is 37.7 Å². The molecule has 0 unspecified atom stereocenters. The van der Waals surface area contributed by atoms with Crippen molar-refractivity contribution in [3.63, 3.8) is 0 Å². The Labute approximate surface area is 176 Å². The highest BCUT2D eigenvalue weighted by molar-refractivity contribution is 8.45. The van der Waals surface area contributed by atoms with Crippen LogP contribution in [-0.4, -0.2) is 0 Å². The molecule has 1 fully saturated rings. The van der Waals surface area contributed by atoms with E-state index in [1.165, 1.54) is 48.9 Å². The third-order valence-corrected chi connectivity index (χ3v) is 7.46. The van der Waals surface area contributed by atoms with Crippen LogP contribution in [0.3, 0.4) is 0 Å². The zero-order chi connectivity index (χ0) is 21.9. The van der Waals surface area contributed by atoms with Crippen LogP contribution < -0.4 is 0 Å². The molecule has 0 bridgehead atoms. The third-order valence-electron chi connectivity index (χ3n) is 6.29. The third kappa shape index (κ3) is 6.22. The average molecular weight is 447 g/mol. The van der Waals surface area contributed by atoms with E-state index in [0.29, 0.717) is 18.1 Å². The maximum Gasteiger partial charge on any atom is 0.310 e. The second kappa shape index (κ2) is 8.18. The van der Waals surface area contributed by atoms with Crippen molar-refractivity contribution in [2.24, 2.45) is 0 Å². The van der Waals surface area contributed by atoms with Crippen molar-refractivity contribution in [1.29, 1.82) is 0 Å². The smallest absolute Gasteiger partial charge is 0.0936 e. The van der Waals surface area contributed by atoms with Crippen LogP contribution >= 0.6 is 10.2 Å². The molecule has 0 atom stereocenters. The zero-order valence-corrected chi connectivity index (χ0v) is 18.3. The van der Waals surface area contributed by atoms with Crippen molar-refractivity contribution in [2.45, 2.75) is 81.4 Å². The predicted molar refractivity (Wildman–Crippen MR) is 116 cm³/mol. The molecular weight excluding hydrogens is 415 g/mol. The molecule has 0 radical (unpaired) electrons. The second-order valence-electron chi connectivity index (χ2n) is 8.64. The largest absolute Gasteiger partial charge is 0.310 e. The van der Waals surface area contributed by atoms with Crippen LogP contribution in [0.4, 0.5) is 19.4 Å². The summed E-state index contributed by atoms with van der Waals surface area (Å²) in [4.78, 5) is -1.80. The number of hydrogen-bond acceptors (Lipinski definition) is 0. The molecule has 0 amide bonds.